The quantitative estimate of drug-likeness (QED) is 0.696. The second kappa shape index (κ2) is 11.0. The minimum absolute atomic E-state index is 0.0332. The Morgan fingerprint density at radius 1 is 1.12 bits per heavy atom. The van der Waals surface area contributed by atoms with Crippen LogP contribution in [0.5, 0.6) is 11.5 Å². The van der Waals surface area contributed by atoms with Crippen LogP contribution in [0.15, 0.2) is 24.3 Å². The molecule has 1 atom stereocenters. The van der Waals surface area contributed by atoms with Crippen molar-refractivity contribution in [1.82, 2.24) is 10.2 Å². The van der Waals surface area contributed by atoms with Crippen molar-refractivity contribution in [2.24, 2.45) is 0 Å². The predicted octanol–water partition coefficient (Wildman–Crippen LogP) is 3.23. The van der Waals surface area contributed by atoms with Gasteiger partial charge < -0.3 is 19.7 Å². The third kappa shape index (κ3) is 6.94. The SMILES string of the molecule is CC[C@H](Oc1ccc(OC)cc1)C(=O)NCCCN1CCCCCC1. The summed E-state index contributed by atoms with van der Waals surface area (Å²) < 4.78 is 10.9. The fourth-order valence-corrected chi connectivity index (χ4v) is 3.13. The molecule has 0 aliphatic carbocycles. The van der Waals surface area contributed by atoms with Gasteiger partial charge in [-0.25, -0.2) is 0 Å². The average molecular weight is 348 g/mol. The maximum atomic E-state index is 12.3. The number of benzene rings is 1. The Bertz CT molecular complexity index is 496. The molecule has 0 aromatic heterocycles. The van der Waals surface area contributed by atoms with Crippen LogP contribution in [0, 0.1) is 0 Å². The largest absolute Gasteiger partial charge is 0.497 e. The molecule has 5 nitrogen and oxygen atoms in total. The normalized spacial score (nSPS) is 16.7. The van der Waals surface area contributed by atoms with E-state index in [4.69, 9.17) is 9.47 Å². The Labute approximate surface area is 151 Å². The van der Waals surface area contributed by atoms with E-state index in [1.807, 2.05) is 31.2 Å². The molecule has 1 saturated heterocycles. The van der Waals surface area contributed by atoms with Gasteiger partial charge in [0.2, 0.25) is 0 Å². The lowest BCUT2D eigenvalue weighted by molar-refractivity contribution is -0.128. The highest BCUT2D eigenvalue weighted by Gasteiger charge is 2.18. The zero-order valence-electron chi connectivity index (χ0n) is 15.6. The number of amides is 1. The number of ether oxygens (including phenoxy) is 2. The van der Waals surface area contributed by atoms with Gasteiger partial charge >= 0.3 is 0 Å². The minimum atomic E-state index is -0.452. The summed E-state index contributed by atoms with van der Waals surface area (Å²) in [6.07, 6.45) is 6.50. The molecule has 1 fully saturated rings. The Kier molecular flexibility index (Phi) is 8.60. The van der Waals surface area contributed by atoms with Crippen molar-refractivity contribution in [2.75, 3.05) is 33.3 Å². The highest BCUT2D eigenvalue weighted by molar-refractivity contribution is 5.81. The van der Waals surface area contributed by atoms with Crippen LogP contribution in [0.25, 0.3) is 0 Å². The monoisotopic (exact) mass is 348 g/mol. The lowest BCUT2D eigenvalue weighted by Gasteiger charge is -2.20. The molecule has 0 radical (unpaired) electrons. The second-order valence-electron chi connectivity index (χ2n) is 6.59. The number of likely N-dealkylation sites (tertiary alicyclic amines) is 1. The standard InChI is InChI=1S/C20H32N2O3/c1-3-19(25-18-11-9-17(24-2)10-12-18)20(23)21-13-8-16-22-14-6-4-5-7-15-22/h9-12,19H,3-8,13-16H2,1-2H3,(H,21,23)/t19-/m0/s1. The minimum Gasteiger partial charge on any atom is -0.497 e. The van der Waals surface area contributed by atoms with Crippen molar-refractivity contribution in [3.8, 4) is 11.5 Å². The molecule has 1 amide bonds. The number of methoxy groups -OCH3 is 1. The van der Waals surface area contributed by atoms with Gasteiger partial charge in [-0.15, -0.1) is 0 Å². The first kappa shape index (κ1) is 19.6. The molecule has 5 heteroatoms. The van der Waals surface area contributed by atoms with Gasteiger partial charge in [-0.05, 0) is 69.6 Å². The number of nitrogens with zero attached hydrogens (tertiary/aromatic N) is 1. The van der Waals surface area contributed by atoms with Gasteiger partial charge in [0.15, 0.2) is 6.10 Å². The van der Waals surface area contributed by atoms with Gasteiger partial charge in [-0.2, -0.15) is 0 Å². The maximum absolute atomic E-state index is 12.3. The zero-order chi connectivity index (χ0) is 17.9. The van der Waals surface area contributed by atoms with Gasteiger partial charge in [-0.1, -0.05) is 19.8 Å². The van der Waals surface area contributed by atoms with Crippen molar-refractivity contribution < 1.29 is 14.3 Å². The van der Waals surface area contributed by atoms with Crippen molar-refractivity contribution in [1.29, 1.82) is 0 Å². The smallest absolute Gasteiger partial charge is 0.261 e. The van der Waals surface area contributed by atoms with E-state index in [9.17, 15) is 4.79 Å². The van der Waals surface area contributed by atoms with Crippen molar-refractivity contribution in [3.05, 3.63) is 24.3 Å². The van der Waals surface area contributed by atoms with E-state index >= 15 is 0 Å². The Hall–Kier alpha value is -1.75. The molecule has 25 heavy (non-hydrogen) atoms. The molecule has 1 aromatic carbocycles. The zero-order valence-corrected chi connectivity index (χ0v) is 15.6. The average Bonchev–Trinajstić information content (AvgIpc) is 2.92. The van der Waals surface area contributed by atoms with Crippen LogP contribution < -0.4 is 14.8 Å². The predicted molar refractivity (Wildman–Crippen MR) is 100 cm³/mol. The number of nitrogens with one attached hydrogen (secondary N) is 1. The van der Waals surface area contributed by atoms with Crippen LogP contribution in [0.3, 0.4) is 0 Å². The lowest BCUT2D eigenvalue weighted by Crippen LogP contribution is -2.39. The molecule has 1 N–H and O–H groups in total. The molecule has 0 saturated carbocycles. The highest BCUT2D eigenvalue weighted by Crippen LogP contribution is 2.19. The summed E-state index contributed by atoms with van der Waals surface area (Å²) in [5.74, 6) is 1.43. The summed E-state index contributed by atoms with van der Waals surface area (Å²) in [5, 5.41) is 3.02. The number of carbonyl (C=O) groups excluding carboxylic acids is 1. The molecule has 1 heterocycles. The third-order valence-corrected chi connectivity index (χ3v) is 4.65. The maximum Gasteiger partial charge on any atom is 0.261 e. The van der Waals surface area contributed by atoms with E-state index in [1.165, 1.54) is 38.8 Å². The highest BCUT2D eigenvalue weighted by atomic mass is 16.5. The fraction of sp³-hybridized carbons (Fsp3) is 0.650. The Morgan fingerprint density at radius 2 is 1.76 bits per heavy atom. The van der Waals surface area contributed by atoms with Crippen LogP contribution in [0.4, 0.5) is 0 Å². The van der Waals surface area contributed by atoms with Gasteiger partial charge in [0.25, 0.3) is 5.91 Å². The summed E-state index contributed by atoms with van der Waals surface area (Å²) >= 11 is 0. The van der Waals surface area contributed by atoms with E-state index in [0.29, 0.717) is 18.7 Å². The molecular weight excluding hydrogens is 316 g/mol. The number of hydrogen-bond acceptors (Lipinski definition) is 4. The number of rotatable bonds is 9. The summed E-state index contributed by atoms with van der Waals surface area (Å²) in [5.41, 5.74) is 0. The summed E-state index contributed by atoms with van der Waals surface area (Å²) in [4.78, 5) is 14.9. The molecule has 1 aromatic rings. The van der Waals surface area contributed by atoms with Crippen molar-refractivity contribution in [2.45, 2.75) is 51.6 Å². The molecule has 140 valence electrons. The Balaban J connectivity index is 1.69. The van der Waals surface area contributed by atoms with Gasteiger partial charge in [0, 0.05) is 6.54 Å². The first-order chi connectivity index (χ1) is 12.2. The van der Waals surface area contributed by atoms with Gasteiger partial charge in [0.05, 0.1) is 7.11 Å². The molecular formula is C20H32N2O3. The van der Waals surface area contributed by atoms with Crippen LogP contribution in [-0.4, -0.2) is 50.2 Å². The number of carbonyl (C=O) groups is 1. The van der Waals surface area contributed by atoms with Crippen LogP contribution in [-0.2, 0) is 4.79 Å². The molecule has 0 spiro atoms. The van der Waals surface area contributed by atoms with Gasteiger partial charge in [0.1, 0.15) is 11.5 Å². The summed E-state index contributed by atoms with van der Waals surface area (Å²) in [6.45, 7) is 6.14. The molecule has 1 aliphatic rings. The van der Waals surface area contributed by atoms with Gasteiger partial charge in [-0.3, -0.25) is 4.79 Å². The van der Waals surface area contributed by atoms with Crippen molar-refractivity contribution >= 4 is 5.91 Å². The first-order valence-electron chi connectivity index (χ1n) is 9.53. The lowest BCUT2D eigenvalue weighted by atomic mass is 10.2. The molecule has 0 bridgehead atoms. The van der Waals surface area contributed by atoms with Crippen molar-refractivity contribution in [3.63, 3.8) is 0 Å². The van der Waals surface area contributed by atoms with Crippen LogP contribution in [0.2, 0.25) is 0 Å². The van der Waals surface area contributed by atoms with Crippen LogP contribution in [0.1, 0.15) is 45.4 Å². The van der Waals surface area contributed by atoms with E-state index < -0.39 is 6.10 Å². The topological polar surface area (TPSA) is 50.8 Å². The summed E-state index contributed by atoms with van der Waals surface area (Å²) in [7, 11) is 1.63. The molecule has 2 rings (SSSR count). The van der Waals surface area contributed by atoms with Crippen LogP contribution >= 0.6 is 0 Å². The van der Waals surface area contributed by atoms with E-state index in [-0.39, 0.29) is 5.91 Å². The summed E-state index contributed by atoms with van der Waals surface area (Å²) in [6, 6.07) is 7.32. The van der Waals surface area contributed by atoms with E-state index in [0.717, 1.165) is 18.7 Å². The van der Waals surface area contributed by atoms with E-state index in [2.05, 4.69) is 10.2 Å². The number of hydrogen-bond donors (Lipinski definition) is 1. The van der Waals surface area contributed by atoms with E-state index in [1.54, 1.807) is 7.11 Å². The second-order valence-corrected chi connectivity index (χ2v) is 6.59. The fourth-order valence-electron chi connectivity index (χ4n) is 3.13. The molecule has 0 unspecified atom stereocenters. The Morgan fingerprint density at radius 3 is 2.36 bits per heavy atom. The third-order valence-electron chi connectivity index (χ3n) is 4.65. The first-order valence-corrected chi connectivity index (χ1v) is 9.53. The molecule has 1 aliphatic heterocycles.